The lowest BCUT2D eigenvalue weighted by molar-refractivity contribution is 0.0690. The Bertz CT molecular complexity index is 287. The summed E-state index contributed by atoms with van der Waals surface area (Å²) in [4.78, 5) is 10.4. The molecule has 1 N–H and O–H groups in total. The molecule has 0 spiro atoms. The molecule has 1 rings (SSSR count). The summed E-state index contributed by atoms with van der Waals surface area (Å²) in [5.74, 6) is 0.0125. The molecule has 72 valence electrons. The van der Waals surface area contributed by atoms with Gasteiger partial charge in [0, 0.05) is 6.54 Å². The number of hydrogen-bond donors (Lipinski definition) is 1. The summed E-state index contributed by atoms with van der Waals surface area (Å²) < 4.78 is 1.56. The van der Waals surface area contributed by atoms with Crippen molar-refractivity contribution in [1.29, 1.82) is 0 Å². The van der Waals surface area contributed by atoms with E-state index in [0.717, 1.165) is 18.7 Å². The Kier molecular flexibility index (Phi) is 3.75. The molecule has 0 aromatic carbocycles. The smallest absolute Gasteiger partial charge is 0.358 e. The van der Waals surface area contributed by atoms with E-state index in [2.05, 4.69) is 10.3 Å². The van der Waals surface area contributed by atoms with E-state index in [1.165, 1.54) is 6.20 Å². The van der Waals surface area contributed by atoms with Crippen molar-refractivity contribution in [3.05, 3.63) is 11.9 Å². The molecule has 0 unspecified atom stereocenters. The SMILES string of the molecule is CSCCCn1cc(C(=O)O)nn1. The third-order valence-corrected chi connectivity index (χ3v) is 2.19. The number of thioether (sulfide) groups is 1. The van der Waals surface area contributed by atoms with E-state index in [0.29, 0.717) is 0 Å². The van der Waals surface area contributed by atoms with Crippen LogP contribution in [-0.4, -0.2) is 38.1 Å². The summed E-state index contributed by atoms with van der Waals surface area (Å²) in [7, 11) is 0. The van der Waals surface area contributed by atoms with Crippen LogP contribution in [0.5, 0.6) is 0 Å². The number of aryl methyl sites for hydroxylation is 1. The van der Waals surface area contributed by atoms with Gasteiger partial charge in [-0.3, -0.25) is 4.68 Å². The van der Waals surface area contributed by atoms with Crippen LogP contribution >= 0.6 is 11.8 Å². The molecule has 0 fully saturated rings. The standard InChI is InChI=1S/C7H11N3O2S/c1-13-4-2-3-10-5-6(7(11)12)8-9-10/h5H,2-4H2,1H3,(H,11,12). The molecule has 0 saturated carbocycles. The van der Waals surface area contributed by atoms with E-state index in [9.17, 15) is 4.79 Å². The molecule has 0 amide bonds. The fourth-order valence-electron chi connectivity index (χ4n) is 0.877. The monoisotopic (exact) mass is 201 g/mol. The quantitative estimate of drug-likeness (QED) is 0.711. The summed E-state index contributed by atoms with van der Waals surface area (Å²) in [6, 6.07) is 0. The Morgan fingerprint density at radius 2 is 2.54 bits per heavy atom. The van der Waals surface area contributed by atoms with E-state index in [1.807, 2.05) is 6.26 Å². The van der Waals surface area contributed by atoms with Crippen molar-refractivity contribution in [2.75, 3.05) is 12.0 Å². The van der Waals surface area contributed by atoms with Crippen LogP contribution in [0.2, 0.25) is 0 Å². The zero-order valence-electron chi connectivity index (χ0n) is 7.30. The van der Waals surface area contributed by atoms with Crippen molar-refractivity contribution in [1.82, 2.24) is 15.0 Å². The summed E-state index contributed by atoms with van der Waals surface area (Å²) in [6.45, 7) is 0.723. The topological polar surface area (TPSA) is 68.0 Å². The van der Waals surface area contributed by atoms with Crippen molar-refractivity contribution >= 4 is 17.7 Å². The van der Waals surface area contributed by atoms with E-state index in [-0.39, 0.29) is 5.69 Å². The molecule has 13 heavy (non-hydrogen) atoms. The Morgan fingerprint density at radius 3 is 3.08 bits per heavy atom. The number of aromatic nitrogens is 3. The van der Waals surface area contributed by atoms with Crippen LogP contribution in [-0.2, 0) is 6.54 Å². The fraction of sp³-hybridized carbons (Fsp3) is 0.571. The third kappa shape index (κ3) is 3.06. The molecular formula is C7H11N3O2S. The maximum absolute atomic E-state index is 10.4. The largest absolute Gasteiger partial charge is 0.476 e. The zero-order chi connectivity index (χ0) is 9.68. The second-order valence-electron chi connectivity index (χ2n) is 2.52. The van der Waals surface area contributed by atoms with Gasteiger partial charge in [0.1, 0.15) is 0 Å². The number of aromatic carboxylic acids is 1. The lowest BCUT2D eigenvalue weighted by Crippen LogP contribution is -1.99. The highest BCUT2D eigenvalue weighted by atomic mass is 32.2. The first-order valence-electron chi connectivity index (χ1n) is 3.86. The molecular weight excluding hydrogens is 190 g/mol. The highest BCUT2D eigenvalue weighted by Crippen LogP contribution is 1.99. The Balaban J connectivity index is 2.44. The molecule has 0 atom stereocenters. The summed E-state index contributed by atoms with van der Waals surface area (Å²) >= 11 is 1.76. The maximum Gasteiger partial charge on any atom is 0.358 e. The van der Waals surface area contributed by atoms with Gasteiger partial charge in [0.25, 0.3) is 0 Å². The molecule has 1 heterocycles. The van der Waals surface area contributed by atoms with Gasteiger partial charge in [0.15, 0.2) is 5.69 Å². The van der Waals surface area contributed by atoms with Gasteiger partial charge in [-0.2, -0.15) is 11.8 Å². The molecule has 0 aliphatic rings. The van der Waals surface area contributed by atoms with Gasteiger partial charge in [-0.15, -0.1) is 5.10 Å². The van der Waals surface area contributed by atoms with E-state index in [1.54, 1.807) is 16.4 Å². The van der Waals surface area contributed by atoms with Crippen molar-refractivity contribution in [3.8, 4) is 0 Å². The van der Waals surface area contributed by atoms with Crippen LogP contribution in [0.25, 0.3) is 0 Å². The minimum atomic E-state index is -1.03. The molecule has 0 aliphatic carbocycles. The molecule has 0 bridgehead atoms. The van der Waals surface area contributed by atoms with Gasteiger partial charge in [-0.25, -0.2) is 4.79 Å². The fourth-order valence-corrected chi connectivity index (χ4v) is 1.29. The number of carbonyl (C=O) groups is 1. The summed E-state index contributed by atoms with van der Waals surface area (Å²) in [5, 5.41) is 15.7. The average Bonchev–Trinajstić information content (AvgIpc) is 2.53. The molecule has 0 radical (unpaired) electrons. The van der Waals surface area contributed by atoms with Gasteiger partial charge in [0.2, 0.25) is 0 Å². The van der Waals surface area contributed by atoms with Gasteiger partial charge in [-0.05, 0) is 18.4 Å². The number of carboxylic acid groups (broad SMARTS) is 1. The minimum absolute atomic E-state index is 0.00384. The second-order valence-corrected chi connectivity index (χ2v) is 3.50. The van der Waals surface area contributed by atoms with Gasteiger partial charge < -0.3 is 5.11 Å². The highest BCUT2D eigenvalue weighted by Gasteiger charge is 2.07. The normalized spacial score (nSPS) is 10.2. The van der Waals surface area contributed by atoms with Crippen LogP contribution in [0.3, 0.4) is 0 Å². The van der Waals surface area contributed by atoms with E-state index in [4.69, 9.17) is 5.11 Å². The number of nitrogens with zero attached hydrogens (tertiary/aromatic N) is 3. The number of carboxylic acids is 1. The molecule has 1 aromatic rings. The summed E-state index contributed by atoms with van der Waals surface area (Å²) in [5.41, 5.74) is 0.00384. The third-order valence-electron chi connectivity index (χ3n) is 1.49. The molecule has 6 heteroatoms. The first-order valence-corrected chi connectivity index (χ1v) is 5.26. The predicted molar refractivity (Wildman–Crippen MR) is 50.0 cm³/mol. The van der Waals surface area contributed by atoms with Crippen molar-refractivity contribution < 1.29 is 9.90 Å². The summed E-state index contributed by atoms with van der Waals surface area (Å²) in [6.07, 6.45) is 4.45. The van der Waals surface area contributed by atoms with Crippen LogP contribution in [0.15, 0.2) is 6.20 Å². The van der Waals surface area contributed by atoms with Gasteiger partial charge in [0.05, 0.1) is 6.20 Å². The molecule has 5 nitrogen and oxygen atoms in total. The van der Waals surface area contributed by atoms with Crippen molar-refractivity contribution in [3.63, 3.8) is 0 Å². The van der Waals surface area contributed by atoms with E-state index >= 15 is 0 Å². The van der Waals surface area contributed by atoms with Crippen LogP contribution in [0.1, 0.15) is 16.9 Å². The predicted octanol–water partition coefficient (Wildman–Crippen LogP) is 0.729. The number of hydrogen-bond acceptors (Lipinski definition) is 4. The number of rotatable bonds is 5. The van der Waals surface area contributed by atoms with Crippen LogP contribution in [0, 0.1) is 0 Å². The first-order chi connectivity index (χ1) is 6.24. The molecule has 0 aliphatic heterocycles. The Labute approximate surface area is 80.1 Å². The lowest BCUT2D eigenvalue weighted by Gasteiger charge is -1.96. The molecule has 0 saturated heterocycles. The second kappa shape index (κ2) is 4.86. The Hall–Kier alpha value is -1.04. The minimum Gasteiger partial charge on any atom is -0.476 e. The van der Waals surface area contributed by atoms with Crippen molar-refractivity contribution in [2.45, 2.75) is 13.0 Å². The van der Waals surface area contributed by atoms with Crippen LogP contribution < -0.4 is 0 Å². The average molecular weight is 201 g/mol. The first kappa shape index (κ1) is 10.0. The Morgan fingerprint density at radius 1 is 1.77 bits per heavy atom. The van der Waals surface area contributed by atoms with Crippen LogP contribution in [0.4, 0.5) is 0 Å². The van der Waals surface area contributed by atoms with E-state index < -0.39 is 5.97 Å². The van der Waals surface area contributed by atoms with Gasteiger partial charge >= 0.3 is 5.97 Å². The molecule has 1 aromatic heterocycles. The lowest BCUT2D eigenvalue weighted by atomic mass is 10.4. The zero-order valence-corrected chi connectivity index (χ0v) is 8.12. The maximum atomic E-state index is 10.4. The van der Waals surface area contributed by atoms with Crippen molar-refractivity contribution in [2.24, 2.45) is 0 Å². The highest BCUT2D eigenvalue weighted by molar-refractivity contribution is 7.98. The van der Waals surface area contributed by atoms with Gasteiger partial charge in [-0.1, -0.05) is 5.21 Å².